The molecule has 0 aliphatic carbocycles. The maximum atomic E-state index is 13.3. The van der Waals surface area contributed by atoms with Gasteiger partial charge in [0.25, 0.3) is 0 Å². The molecule has 2 rings (SSSR count). The molecule has 1 saturated heterocycles. The van der Waals surface area contributed by atoms with E-state index in [0.29, 0.717) is 5.92 Å². The van der Waals surface area contributed by atoms with Gasteiger partial charge in [0.1, 0.15) is 5.82 Å². The first-order valence-corrected chi connectivity index (χ1v) is 5.84. The van der Waals surface area contributed by atoms with Crippen LogP contribution in [0.5, 0.6) is 0 Å². The van der Waals surface area contributed by atoms with Gasteiger partial charge in [0.05, 0.1) is 5.02 Å². The van der Waals surface area contributed by atoms with Crippen LogP contribution >= 0.6 is 11.6 Å². The molecule has 1 fully saturated rings. The second-order valence-corrected chi connectivity index (χ2v) is 4.56. The monoisotopic (exact) mass is 243 g/mol. The van der Waals surface area contributed by atoms with Crippen LogP contribution in [0.3, 0.4) is 0 Å². The van der Waals surface area contributed by atoms with Crippen LogP contribution in [0, 0.1) is 11.7 Å². The van der Waals surface area contributed by atoms with E-state index in [1.807, 2.05) is 0 Å². The van der Waals surface area contributed by atoms with Crippen LogP contribution in [0.25, 0.3) is 0 Å². The van der Waals surface area contributed by atoms with Gasteiger partial charge in [-0.25, -0.2) is 4.39 Å². The predicted octanol–water partition coefficient (Wildman–Crippen LogP) is 2.91. The molecule has 1 aliphatic rings. The highest BCUT2D eigenvalue weighted by Gasteiger charge is 2.22. The minimum Gasteiger partial charge on any atom is -0.381 e. The summed E-state index contributed by atoms with van der Waals surface area (Å²) in [4.78, 5) is 0. The van der Waals surface area contributed by atoms with Crippen molar-refractivity contribution in [1.29, 1.82) is 0 Å². The molecule has 2 nitrogen and oxygen atoms in total. The first kappa shape index (κ1) is 11.8. The zero-order chi connectivity index (χ0) is 11.5. The molecular formula is C12H15ClFNO. The average Bonchev–Trinajstić information content (AvgIpc) is 2.33. The van der Waals surface area contributed by atoms with Crippen molar-refractivity contribution in [1.82, 2.24) is 0 Å². The molecule has 1 heterocycles. The fourth-order valence-corrected chi connectivity index (χ4v) is 2.18. The van der Waals surface area contributed by atoms with Crippen molar-refractivity contribution in [3.8, 4) is 0 Å². The van der Waals surface area contributed by atoms with E-state index in [0.717, 1.165) is 31.6 Å². The lowest BCUT2D eigenvalue weighted by Gasteiger charge is -2.27. The van der Waals surface area contributed by atoms with Gasteiger partial charge >= 0.3 is 0 Å². The van der Waals surface area contributed by atoms with Crippen molar-refractivity contribution in [2.75, 3.05) is 13.2 Å². The molecule has 0 bridgehead atoms. The van der Waals surface area contributed by atoms with Crippen LogP contribution < -0.4 is 5.73 Å². The fourth-order valence-electron chi connectivity index (χ4n) is 2.07. The smallest absolute Gasteiger partial charge is 0.142 e. The van der Waals surface area contributed by atoms with Gasteiger partial charge in [0.15, 0.2) is 0 Å². The number of nitrogens with two attached hydrogens (primary N) is 1. The Morgan fingerprint density at radius 1 is 1.38 bits per heavy atom. The highest BCUT2D eigenvalue weighted by molar-refractivity contribution is 6.30. The Morgan fingerprint density at radius 3 is 2.69 bits per heavy atom. The Morgan fingerprint density at radius 2 is 2.06 bits per heavy atom. The summed E-state index contributed by atoms with van der Waals surface area (Å²) in [5.41, 5.74) is 6.94. The lowest BCUT2D eigenvalue weighted by atomic mass is 9.88. The zero-order valence-electron chi connectivity index (χ0n) is 8.96. The van der Waals surface area contributed by atoms with Crippen molar-refractivity contribution in [2.24, 2.45) is 11.7 Å². The highest BCUT2D eigenvalue weighted by Crippen LogP contribution is 2.29. The molecule has 0 radical (unpaired) electrons. The molecule has 4 heteroatoms. The summed E-state index contributed by atoms with van der Waals surface area (Å²) in [7, 11) is 0. The molecule has 88 valence electrons. The Balaban J connectivity index is 2.12. The zero-order valence-corrected chi connectivity index (χ0v) is 9.71. The van der Waals surface area contributed by atoms with Crippen molar-refractivity contribution < 1.29 is 9.13 Å². The van der Waals surface area contributed by atoms with E-state index in [1.165, 1.54) is 6.07 Å². The van der Waals surface area contributed by atoms with Crippen LogP contribution in [0.4, 0.5) is 4.39 Å². The van der Waals surface area contributed by atoms with E-state index in [9.17, 15) is 4.39 Å². The highest BCUT2D eigenvalue weighted by atomic mass is 35.5. The van der Waals surface area contributed by atoms with Crippen LogP contribution in [0.2, 0.25) is 5.02 Å². The van der Waals surface area contributed by atoms with Gasteiger partial charge in [-0.15, -0.1) is 0 Å². The summed E-state index contributed by atoms with van der Waals surface area (Å²) in [6.07, 6.45) is 1.87. The van der Waals surface area contributed by atoms with Crippen LogP contribution in [-0.4, -0.2) is 13.2 Å². The summed E-state index contributed by atoms with van der Waals surface area (Å²) in [6, 6.07) is 4.66. The summed E-state index contributed by atoms with van der Waals surface area (Å²) in [5, 5.41) is 0.142. The van der Waals surface area contributed by atoms with E-state index >= 15 is 0 Å². The number of benzene rings is 1. The van der Waals surface area contributed by atoms with Gasteiger partial charge in [0.2, 0.25) is 0 Å². The third kappa shape index (κ3) is 2.54. The molecule has 0 amide bonds. The van der Waals surface area contributed by atoms with Gasteiger partial charge in [0, 0.05) is 19.3 Å². The number of ether oxygens (including phenoxy) is 1. The molecular weight excluding hydrogens is 229 g/mol. The molecule has 0 unspecified atom stereocenters. The van der Waals surface area contributed by atoms with E-state index in [2.05, 4.69) is 0 Å². The van der Waals surface area contributed by atoms with E-state index < -0.39 is 5.82 Å². The number of rotatable bonds is 2. The van der Waals surface area contributed by atoms with Gasteiger partial charge in [-0.05, 0) is 36.5 Å². The third-order valence-electron chi connectivity index (χ3n) is 3.10. The number of halogens is 2. The Labute approximate surface area is 99.5 Å². The van der Waals surface area contributed by atoms with Crippen LogP contribution in [0.15, 0.2) is 18.2 Å². The largest absolute Gasteiger partial charge is 0.381 e. The SMILES string of the molecule is N[C@@H](c1ccc(Cl)c(F)c1)C1CCOCC1. The molecule has 0 aromatic heterocycles. The van der Waals surface area contributed by atoms with Crippen LogP contribution in [-0.2, 0) is 4.74 Å². The predicted molar refractivity (Wildman–Crippen MR) is 61.9 cm³/mol. The molecule has 1 aromatic rings. The van der Waals surface area contributed by atoms with E-state index in [4.69, 9.17) is 22.1 Å². The normalized spacial score (nSPS) is 19.7. The maximum Gasteiger partial charge on any atom is 0.142 e. The van der Waals surface area contributed by atoms with Gasteiger partial charge in [-0.1, -0.05) is 17.7 Å². The first-order chi connectivity index (χ1) is 7.68. The van der Waals surface area contributed by atoms with Crippen LogP contribution in [0.1, 0.15) is 24.4 Å². The average molecular weight is 244 g/mol. The molecule has 0 saturated carbocycles. The van der Waals surface area contributed by atoms with Gasteiger partial charge in [-0.2, -0.15) is 0 Å². The second kappa shape index (κ2) is 5.13. The molecule has 1 atom stereocenters. The molecule has 0 spiro atoms. The maximum absolute atomic E-state index is 13.3. The third-order valence-corrected chi connectivity index (χ3v) is 3.41. The lowest BCUT2D eigenvalue weighted by Crippen LogP contribution is -2.27. The standard InChI is InChI=1S/C12H15ClFNO/c13-10-2-1-9(7-11(10)14)12(15)8-3-5-16-6-4-8/h1-2,7-8,12H,3-6,15H2/t12-/m1/s1. The molecule has 1 aliphatic heterocycles. The Kier molecular flexibility index (Phi) is 3.79. The first-order valence-electron chi connectivity index (χ1n) is 5.47. The number of hydrogen-bond donors (Lipinski definition) is 1. The number of hydrogen-bond acceptors (Lipinski definition) is 2. The molecule has 16 heavy (non-hydrogen) atoms. The minimum absolute atomic E-state index is 0.129. The van der Waals surface area contributed by atoms with Crippen molar-refractivity contribution in [3.05, 3.63) is 34.6 Å². The summed E-state index contributed by atoms with van der Waals surface area (Å²) < 4.78 is 18.6. The Hall–Kier alpha value is -0.640. The van der Waals surface area contributed by atoms with Gasteiger partial charge in [-0.3, -0.25) is 0 Å². The fraction of sp³-hybridized carbons (Fsp3) is 0.500. The van der Waals surface area contributed by atoms with Crippen molar-refractivity contribution >= 4 is 11.6 Å². The summed E-state index contributed by atoms with van der Waals surface area (Å²) >= 11 is 5.64. The van der Waals surface area contributed by atoms with Gasteiger partial charge < -0.3 is 10.5 Å². The van der Waals surface area contributed by atoms with E-state index in [-0.39, 0.29) is 11.1 Å². The van der Waals surface area contributed by atoms with E-state index in [1.54, 1.807) is 12.1 Å². The minimum atomic E-state index is -0.401. The molecule has 1 aromatic carbocycles. The second-order valence-electron chi connectivity index (χ2n) is 4.15. The Bertz CT molecular complexity index is 366. The van der Waals surface area contributed by atoms with Crippen molar-refractivity contribution in [3.63, 3.8) is 0 Å². The molecule has 2 N–H and O–H groups in total. The topological polar surface area (TPSA) is 35.2 Å². The lowest BCUT2D eigenvalue weighted by molar-refractivity contribution is 0.0583. The van der Waals surface area contributed by atoms with Crippen molar-refractivity contribution in [2.45, 2.75) is 18.9 Å². The summed E-state index contributed by atoms with van der Waals surface area (Å²) in [5.74, 6) is -0.0315. The summed E-state index contributed by atoms with van der Waals surface area (Å²) in [6.45, 7) is 1.49. The quantitative estimate of drug-likeness (QED) is 0.867.